The molecular formula is C36H40BrN3O6S. The summed E-state index contributed by atoms with van der Waals surface area (Å²) in [4.78, 5) is 30.0. The van der Waals surface area contributed by atoms with E-state index in [1.165, 1.54) is 31.3 Å². The van der Waals surface area contributed by atoms with Gasteiger partial charge in [-0.1, -0.05) is 84.4 Å². The minimum absolute atomic E-state index is 0.0361. The van der Waals surface area contributed by atoms with E-state index >= 15 is 0 Å². The molecule has 0 fully saturated rings. The minimum Gasteiger partial charge on any atom is -0.497 e. The third-order valence-electron chi connectivity index (χ3n) is 7.48. The highest BCUT2D eigenvalue weighted by atomic mass is 79.9. The number of hydrogen-bond acceptors (Lipinski definition) is 6. The van der Waals surface area contributed by atoms with Gasteiger partial charge in [-0.25, -0.2) is 8.42 Å². The molecule has 248 valence electrons. The lowest BCUT2D eigenvalue weighted by Crippen LogP contribution is -2.53. The van der Waals surface area contributed by atoms with Crippen LogP contribution in [-0.2, 0) is 32.6 Å². The van der Waals surface area contributed by atoms with Crippen LogP contribution in [0, 0.1) is 5.92 Å². The topological polar surface area (TPSA) is 105 Å². The van der Waals surface area contributed by atoms with Gasteiger partial charge < -0.3 is 19.7 Å². The lowest BCUT2D eigenvalue weighted by Gasteiger charge is -2.34. The van der Waals surface area contributed by atoms with Gasteiger partial charge in [0.1, 0.15) is 24.1 Å². The maximum atomic E-state index is 14.6. The van der Waals surface area contributed by atoms with Gasteiger partial charge in [0.05, 0.1) is 24.8 Å². The van der Waals surface area contributed by atoms with E-state index in [-0.39, 0.29) is 41.1 Å². The number of hydrogen-bond donors (Lipinski definition) is 1. The predicted molar refractivity (Wildman–Crippen MR) is 187 cm³/mol. The number of rotatable bonds is 15. The van der Waals surface area contributed by atoms with Crippen molar-refractivity contribution in [1.82, 2.24) is 10.2 Å². The molecule has 1 N–H and O–H groups in total. The van der Waals surface area contributed by atoms with E-state index in [9.17, 15) is 18.0 Å². The van der Waals surface area contributed by atoms with Crippen molar-refractivity contribution in [1.29, 1.82) is 0 Å². The van der Waals surface area contributed by atoms with Crippen LogP contribution in [0.5, 0.6) is 11.5 Å². The number of halogens is 1. The van der Waals surface area contributed by atoms with E-state index in [4.69, 9.17) is 9.47 Å². The van der Waals surface area contributed by atoms with E-state index in [1.807, 2.05) is 68.4 Å². The standard InChI is InChI=1S/C36H40BrN3O6S/c1-26(2)23-38-36(42)33(22-27-11-6-5-7-12-27)39(24-28-13-10-14-29(37)21-28)35(41)25-40(32-15-8-9-16-34(32)46-4)47(43,44)31-19-17-30(45-3)18-20-31/h5-21,26,33H,22-25H2,1-4H3,(H,38,42). The zero-order valence-corrected chi connectivity index (χ0v) is 29.3. The molecular weight excluding hydrogens is 682 g/mol. The Hall–Kier alpha value is -4.35. The molecule has 47 heavy (non-hydrogen) atoms. The highest BCUT2D eigenvalue weighted by Crippen LogP contribution is 2.33. The molecule has 0 bridgehead atoms. The molecule has 0 saturated carbocycles. The molecule has 2 amide bonds. The molecule has 11 heteroatoms. The molecule has 0 radical (unpaired) electrons. The first kappa shape index (κ1) is 35.5. The molecule has 0 aromatic heterocycles. The third-order valence-corrected chi connectivity index (χ3v) is 9.74. The van der Waals surface area contributed by atoms with Crippen LogP contribution in [0.25, 0.3) is 0 Å². The Balaban J connectivity index is 1.83. The van der Waals surface area contributed by atoms with Gasteiger partial charge in [-0.2, -0.15) is 0 Å². The number of amides is 2. The van der Waals surface area contributed by atoms with Crippen molar-refractivity contribution in [3.8, 4) is 11.5 Å². The molecule has 1 unspecified atom stereocenters. The molecule has 0 aliphatic rings. The lowest BCUT2D eigenvalue weighted by molar-refractivity contribution is -0.140. The average molecular weight is 723 g/mol. The molecule has 9 nitrogen and oxygen atoms in total. The fourth-order valence-electron chi connectivity index (χ4n) is 5.03. The summed E-state index contributed by atoms with van der Waals surface area (Å²) in [7, 11) is -1.37. The van der Waals surface area contributed by atoms with Crippen molar-refractivity contribution >= 4 is 43.5 Å². The second kappa shape index (κ2) is 16.5. The Morgan fingerprint density at radius 1 is 0.830 bits per heavy atom. The summed E-state index contributed by atoms with van der Waals surface area (Å²) in [5.74, 6) is 0.0502. The van der Waals surface area contributed by atoms with E-state index in [0.717, 1.165) is 19.9 Å². The quantitative estimate of drug-likeness (QED) is 0.160. The minimum atomic E-state index is -4.30. The van der Waals surface area contributed by atoms with Gasteiger partial charge in [0.15, 0.2) is 0 Å². The molecule has 0 aliphatic carbocycles. The number of carbonyl (C=O) groups excluding carboxylic acids is 2. The third kappa shape index (κ3) is 9.36. The molecule has 4 rings (SSSR count). The van der Waals surface area contributed by atoms with Gasteiger partial charge in [0.25, 0.3) is 10.0 Å². The molecule has 0 saturated heterocycles. The van der Waals surface area contributed by atoms with Crippen molar-refractivity contribution in [2.75, 3.05) is 31.6 Å². The number of sulfonamides is 1. The van der Waals surface area contributed by atoms with Crippen molar-refractivity contribution in [2.24, 2.45) is 5.92 Å². The van der Waals surface area contributed by atoms with Crippen LogP contribution in [-0.4, -0.2) is 58.5 Å². The Bertz CT molecular complexity index is 1750. The largest absolute Gasteiger partial charge is 0.497 e. The Morgan fingerprint density at radius 2 is 1.49 bits per heavy atom. The number of benzene rings is 4. The Kier molecular flexibility index (Phi) is 12.4. The van der Waals surface area contributed by atoms with E-state index in [1.54, 1.807) is 36.4 Å². The summed E-state index contributed by atoms with van der Waals surface area (Å²) >= 11 is 3.51. The van der Waals surface area contributed by atoms with E-state index in [0.29, 0.717) is 12.3 Å². The highest BCUT2D eigenvalue weighted by Gasteiger charge is 2.35. The maximum Gasteiger partial charge on any atom is 0.264 e. The first-order valence-electron chi connectivity index (χ1n) is 15.2. The zero-order valence-electron chi connectivity index (χ0n) is 26.9. The van der Waals surface area contributed by atoms with Gasteiger partial charge >= 0.3 is 0 Å². The number of nitrogens with zero attached hydrogens (tertiary/aromatic N) is 2. The van der Waals surface area contributed by atoms with Gasteiger partial charge in [0, 0.05) is 24.0 Å². The van der Waals surface area contributed by atoms with Crippen LogP contribution >= 0.6 is 15.9 Å². The normalized spacial score (nSPS) is 11.9. The summed E-state index contributed by atoms with van der Waals surface area (Å²) in [5, 5.41) is 3.00. The molecule has 4 aromatic carbocycles. The summed E-state index contributed by atoms with van der Waals surface area (Å²) < 4.78 is 41.2. The molecule has 0 spiro atoms. The zero-order chi connectivity index (χ0) is 34.0. The number of methoxy groups -OCH3 is 2. The van der Waals surface area contributed by atoms with Crippen molar-refractivity contribution in [2.45, 2.75) is 37.8 Å². The summed E-state index contributed by atoms with van der Waals surface area (Å²) in [5.41, 5.74) is 1.81. The van der Waals surface area contributed by atoms with Crippen LogP contribution in [0.2, 0.25) is 0 Å². The SMILES string of the molecule is COc1ccc(S(=O)(=O)N(CC(=O)N(Cc2cccc(Br)c2)C(Cc2ccccc2)C(=O)NCC(C)C)c2ccccc2OC)cc1. The van der Waals surface area contributed by atoms with Crippen molar-refractivity contribution in [3.63, 3.8) is 0 Å². The van der Waals surface area contributed by atoms with Crippen LogP contribution < -0.4 is 19.1 Å². The molecule has 1 atom stereocenters. The fourth-order valence-corrected chi connectivity index (χ4v) is 6.90. The van der Waals surface area contributed by atoms with Gasteiger partial charge in [-0.15, -0.1) is 0 Å². The highest BCUT2D eigenvalue weighted by molar-refractivity contribution is 9.10. The lowest BCUT2D eigenvalue weighted by atomic mass is 10.0. The van der Waals surface area contributed by atoms with Crippen LogP contribution in [0.15, 0.2) is 112 Å². The fraction of sp³-hybridized carbons (Fsp3) is 0.278. The molecule has 0 aliphatic heterocycles. The van der Waals surface area contributed by atoms with Gasteiger partial charge in [-0.3, -0.25) is 13.9 Å². The molecule has 0 heterocycles. The maximum absolute atomic E-state index is 14.6. The van der Waals surface area contributed by atoms with Crippen LogP contribution in [0.1, 0.15) is 25.0 Å². The number of nitrogens with one attached hydrogen (secondary N) is 1. The summed E-state index contributed by atoms with van der Waals surface area (Å²) in [6.07, 6.45) is 0.227. The first-order chi connectivity index (χ1) is 22.5. The first-order valence-corrected chi connectivity index (χ1v) is 17.4. The Labute approximate surface area is 285 Å². The van der Waals surface area contributed by atoms with Gasteiger partial charge in [0.2, 0.25) is 11.8 Å². The monoisotopic (exact) mass is 721 g/mol. The number of carbonyl (C=O) groups is 2. The van der Waals surface area contributed by atoms with Crippen LogP contribution in [0.3, 0.4) is 0 Å². The number of ether oxygens (including phenoxy) is 2. The average Bonchev–Trinajstić information content (AvgIpc) is 3.08. The summed E-state index contributed by atoms with van der Waals surface area (Å²) in [6, 6.07) is 28.5. The van der Waals surface area contributed by atoms with Crippen LogP contribution in [0.4, 0.5) is 5.69 Å². The van der Waals surface area contributed by atoms with E-state index in [2.05, 4.69) is 21.2 Å². The second-order valence-electron chi connectivity index (χ2n) is 11.4. The molecule has 4 aromatic rings. The Morgan fingerprint density at radius 3 is 2.13 bits per heavy atom. The van der Waals surface area contributed by atoms with Crippen molar-refractivity contribution < 1.29 is 27.5 Å². The summed E-state index contributed by atoms with van der Waals surface area (Å²) in [6.45, 7) is 3.87. The number of anilines is 1. The smallest absolute Gasteiger partial charge is 0.264 e. The van der Waals surface area contributed by atoms with Crippen molar-refractivity contribution in [3.05, 3.63) is 119 Å². The number of para-hydroxylation sites is 2. The van der Waals surface area contributed by atoms with E-state index < -0.39 is 28.5 Å². The predicted octanol–water partition coefficient (Wildman–Crippen LogP) is 6.07. The second-order valence-corrected chi connectivity index (χ2v) is 14.1. The van der Waals surface area contributed by atoms with Gasteiger partial charge in [-0.05, 0) is 65.6 Å².